The number of fused-ring (bicyclic) bond motifs is 1. The molecule has 32 heavy (non-hydrogen) atoms. The fourth-order valence-corrected chi connectivity index (χ4v) is 4.51. The minimum absolute atomic E-state index is 0.00422. The van der Waals surface area contributed by atoms with E-state index in [1.807, 2.05) is 6.08 Å². The SMILES string of the molecule is CN1C(=O)CC2C1=CC=CC2Nc1nc(N[C@@H]2CCCC(F)(F)[C@@H]2N)c(F)cc1C(N)=O. The highest BCUT2D eigenvalue weighted by molar-refractivity contribution is 5.98. The fraction of sp³-hybridized carbons (Fsp3) is 0.476. The average Bonchev–Trinajstić information content (AvgIpc) is 3.02. The van der Waals surface area contributed by atoms with Crippen LogP contribution >= 0.6 is 0 Å². The Morgan fingerprint density at radius 2 is 2.06 bits per heavy atom. The lowest BCUT2D eigenvalue weighted by Crippen LogP contribution is -2.55. The van der Waals surface area contributed by atoms with E-state index in [1.165, 1.54) is 0 Å². The Morgan fingerprint density at radius 1 is 1.31 bits per heavy atom. The summed E-state index contributed by atoms with van der Waals surface area (Å²) < 4.78 is 42.7. The third kappa shape index (κ3) is 3.92. The van der Waals surface area contributed by atoms with Crippen molar-refractivity contribution in [3.63, 3.8) is 0 Å². The molecule has 4 rings (SSSR count). The van der Waals surface area contributed by atoms with Gasteiger partial charge in [-0.1, -0.05) is 12.2 Å². The van der Waals surface area contributed by atoms with Gasteiger partial charge in [0, 0.05) is 37.5 Å². The zero-order valence-electron chi connectivity index (χ0n) is 17.4. The van der Waals surface area contributed by atoms with Crippen LogP contribution in [0.4, 0.5) is 24.8 Å². The van der Waals surface area contributed by atoms with Crippen LogP contribution in [0.15, 0.2) is 30.0 Å². The molecule has 2 fully saturated rings. The first-order chi connectivity index (χ1) is 15.1. The molecule has 2 aliphatic carbocycles. The first-order valence-corrected chi connectivity index (χ1v) is 10.4. The maximum Gasteiger partial charge on any atom is 0.264 e. The van der Waals surface area contributed by atoms with Gasteiger partial charge in [-0.05, 0) is 25.0 Å². The number of nitrogens with zero attached hydrogens (tertiary/aromatic N) is 2. The van der Waals surface area contributed by atoms with Gasteiger partial charge in [-0.25, -0.2) is 18.2 Å². The normalized spacial score (nSPS) is 28.8. The van der Waals surface area contributed by atoms with Gasteiger partial charge >= 0.3 is 0 Å². The molecular weight excluding hydrogens is 425 g/mol. The Bertz CT molecular complexity index is 1010. The highest BCUT2D eigenvalue weighted by Crippen LogP contribution is 2.36. The monoisotopic (exact) mass is 450 g/mol. The van der Waals surface area contributed by atoms with Crippen molar-refractivity contribution in [2.45, 2.75) is 49.7 Å². The molecule has 1 aliphatic heterocycles. The summed E-state index contributed by atoms with van der Waals surface area (Å²) in [6.45, 7) is 0. The first kappa shape index (κ1) is 22.1. The standard InChI is InChI=1S/C21H25F3N6O2/c1-30-15-6-2-4-13(10(15)9-16(30)31)27-19-11(18(26)32)8-12(22)20(29-19)28-14-5-3-7-21(23,24)17(14)25/h2,4,6,8,10,13-14,17H,3,5,7,9,25H2,1H3,(H2,26,32)(H2,27,28,29)/t10?,13?,14-,17-/m1/s1. The van der Waals surface area contributed by atoms with Crippen LogP contribution in [0.5, 0.6) is 0 Å². The number of allylic oxidation sites excluding steroid dienone is 2. The molecule has 0 spiro atoms. The van der Waals surface area contributed by atoms with Gasteiger partial charge in [0.1, 0.15) is 5.82 Å². The molecule has 0 radical (unpaired) electrons. The van der Waals surface area contributed by atoms with Gasteiger partial charge in [0.25, 0.3) is 11.8 Å². The molecule has 3 aliphatic rings. The number of anilines is 2. The topological polar surface area (TPSA) is 126 Å². The lowest BCUT2D eigenvalue weighted by atomic mass is 9.87. The van der Waals surface area contributed by atoms with Crippen LogP contribution in [0.25, 0.3) is 0 Å². The summed E-state index contributed by atoms with van der Waals surface area (Å²) >= 11 is 0. The summed E-state index contributed by atoms with van der Waals surface area (Å²) in [5.74, 6) is -5.43. The minimum Gasteiger partial charge on any atom is -0.365 e. The molecule has 1 saturated heterocycles. The largest absolute Gasteiger partial charge is 0.365 e. The highest BCUT2D eigenvalue weighted by atomic mass is 19.3. The summed E-state index contributed by atoms with van der Waals surface area (Å²) in [6, 6.07) is -1.88. The molecule has 1 aromatic rings. The van der Waals surface area contributed by atoms with Crippen molar-refractivity contribution < 1.29 is 22.8 Å². The van der Waals surface area contributed by atoms with Crippen LogP contribution in [0, 0.1) is 11.7 Å². The summed E-state index contributed by atoms with van der Waals surface area (Å²) in [5, 5.41) is 5.75. The van der Waals surface area contributed by atoms with Crippen LogP contribution < -0.4 is 22.1 Å². The predicted octanol–water partition coefficient (Wildman–Crippen LogP) is 1.96. The second kappa shape index (κ2) is 8.12. The number of hydrogen-bond acceptors (Lipinski definition) is 6. The molecular formula is C21H25F3N6O2. The summed E-state index contributed by atoms with van der Waals surface area (Å²) in [4.78, 5) is 29.8. The number of alkyl halides is 2. The van der Waals surface area contributed by atoms with E-state index in [-0.39, 0.29) is 48.3 Å². The zero-order chi connectivity index (χ0) is 23.2. The molecule has 2 unspecified atom stereocenters. The van der Waals surface area contributed by atoms with Gasteiger partial charge in [-0.15, -0.1) is 0 Å². The number of hydrogen-bond donors (Lipinski definition) is 4. The Hall–Kier alpha value is -3.08. The van der Waals surface area contributed by atoms with Gasteiger partial charge in [0.2, 0.25) is 5.91 Å². The molecule has 8 nitrogen and oxygen atoms in total. The lowest BCUT2D eigenvalue weighted by Gasteiger charge is -2.36. The number of likely N-dealkylation sites (tertiary alicyclic amines) is 1. The predicted molar refractivity (Wildman–Crippen MR) is 112 cm³/mol. The van der Waals surface area contributed by atoms with Crippen LogP contribution in [-0.2, 0) is 4.79 Å². The van der Waals surface area contributed by atoms with E-state index in [1.54, 1.807) is 24.1 Å². The molecule has 4 atom stereocenters. The first-order valence-electron chi connectivity index (χ1n) is 10.4. The second-order valence-corrected chi connectivity index (χ2v) is 8.42. The number of nitrogens with one attached hydrogen (secondary N) is 2. The van der Waals surface area contributed by atoms with E-state index in [0.717, 1.165) is 11.8 Å². The number of halogens is 3. The third-order valence-electron chi connectivity index (χ3n) is 6.37. The maximum atomic E-state index is 14.7. The zero-order valence-corrected chi connectivity index (χ0v) is 17.4. The molecule has 2 heterocycles. The Balaban J connectivity index is 1.62. The van der Waals surface area contributed by atoms with Gasteiger partial charge in [-0.2, -0.15) is 0 Å². The number of carbonyl (C=O) groups excluding carboxylic acids is 2. The molecule has 1 saturated carbocycles. The van der Waals surface area contributed by atoms with E-state index in [0.29, 0.717) is 6.42 Å². The van der Waals surface area contributed by atoms with E-state index < -0.39 is 35.8 Å². The summed E-state index contributed by atoms with van der Waals surface area (Å²) in [7, 11) is 1.68. The molecule has 1 aromatic heterocycles. The minimum atomic E-state index is -3.07. The van der Waals surface area contributed by atoms with Gasteiger partial charge in [0.05, 0.1) is 17.6 Å². The number of primary amides is 1. The molecule has 6 N–H and O–H groups in total. The number of rotatable bonds is 5. The van der Waals surface area contributed by atoms with E-state index >= 15 is 0 Å². The Morgan fingerprint density at radius 3 is 2.78 bits per heavy atom. The smallest absolute Gasteiger partial charge is 0.264 e. The van der Waals surface area contributed by atoms with Crippen molar-refractivity contribution in [3.8, 4) is 0 Å². The van der Waals surface area contributed by atoms with Gasteiger partial charge in [0.15, 0.2) is 11.6 Å². The van der Waals surface area contributed by atoms with Crippen LogP contribution in [0.1, 0.15) is 36.0 Å². The third-order valence-corrected chi connectivity index (χ3v) is 6.37. The Labute approximate surface area is 182 Å². The highest BCUT2D eigenvalue weighted by Gasteiger charge is 2.45. The number of pyridine rings is 1. The number of aromatic nitrogens is 1. The van der Waals surface area contributed by atoms with E-state index in [2.05, 4.69) is 15.6 Å². The molecule has 11 heteroatoms. The molecule has 172 valence electrons. The quantitative estimate of drug-likeness (QED) is 0.543. The average molecular weight is 450 g/mol. The van der Waals surface area contributed by atoms with Crippen molar-refractivity contribution in [2.75, 3.05) is 17.7 Å². The molecule has 0 aromatic carbocycles. The fourth-order valence-electron chi connectivity index (χ4n) is 4.51. The van der Waals surface area contributed by atoms with Crippen molar-refractivity contribution >= 4 is 23.5 Å². The second-order valence-electron chi connectivity index (χ2n) is 8.42. The van der Waals surface area contributed by atoms with Crippen molar-refractivity contribution in [3.05, 3.63) is 41.4 Å². The van der Waals surface area contributed by atoms with Crippen LogP contribution in [0.3, 0.4) is 0 Å². The number of amides is 2. The summed E-state index contributed by atoms with van der Waals surface area (Å²) in [6.07, 6.45) is 5.90. The molecule has 2 amide bonds. The van der Waals surface area contributed by atoms with E-state index in [4.69, 9.17) is 11.5 Å². The van der Waals surface area contributed by atoms with Gasteiger partial charge < -0.3 is 27.0 Å². The van der Waals surface area contributed by atoms with Crippen LogP contribution in [0.2, 0.25) is 0 Å². The molecule has 0 bridgehead atoms. The van der Waals surface area contributed by atoms with Gasteiger partial charge in [-0.3, -0.25) is 9.59 Å². The van der Waals surface area contributed by atoms with Crippen molar-refractivity contribution in [2.24, 2.45) is 17.4 Å². The number of nitrogens with two attached hydrogens (primary N) is 2. The summed E-state index contributed by atoms with van der Waals surface area (Å²) in [5.41, 5.74) is 11.7. The van der Waals surface area contributed by atoms with Crippen LogP contribution in [-0.4, -0.2) is 52.8 Å². The van der Waals surface area contributed by atoms with E-state index in [9.17, 15) is 22.8 Å². The van der Waals surface area contributed by atoms with Crippen molar-refractivity contribution in [1.82, 2.24) is 9.88 Å². The van der Waals surface area contributed by atoms with Crippen molar-refractivity contribution in [1.29, 1.82) is 0 Å². The number of carbonyl (C=O) groups is 2. The Kier molecular flexibility index (Phi) is 5.61. The lowest BCUT2D eigenvalue weighted by molar-refractivity contribution is -0.125. The maximum absolute atomic E-state index is 14.7.